The zero-order chi connectivity index (χ0) is 14.9. The summed E-state index contributed by atoms with van der Waals surface area (Å²) in [6.07, 6.45) is 11.6. The minimum Gasteiger partial charge on any atom is -0.311 e. The first-order valence-corrected chi connectivity index (χ1v) is 9.59. The highest BCUT2D eigenvalue weighted by Crippen LogP contribution is 2.45. The SMILES string of the molecule is CCC1CNC(C2CC2)CN1CC1(CC(C)C)CCCC1. The predicted molar refractivity (Wildman–Crippen MR) is 90.5 cm³/mol. The van der Waals surface area contributed by atoms with E-state index in [-0.39, 0.29) is 0 Å². The Bertz CT molecular complexity index is 328. The average Bonchev–Trinajstić information content (AvgIpc) is 3.20. The summed E-state index contributed by atoms with van der Waals surface area (Å²) in [5.41, 5.74) is 0.646. The fourth-order valence-corrected chi connectivity index (χ4v) is 5.14. The van der Waals surface area contributed by atoms with Gasteiger partial charge in [-0.05, 0) is 55.8 Å². The quantitative estimate of drug-likeness (QED) is 0.794. The van der Waals surface area contributed by atoms with Crippen LogP contribution < -0.4 is 5.32 Å². The first kappa shape index (κ1) is 15.8. The van der Waals surface area contributed by atoms with Crippen molar-refractivity contribution in [2.24, 2.45) is 17.3 Å². The Morgan fingerprint density at radius 1 is 1.19 bits per heavy atom. The third kappa shape index (κ3) is 3.82. The maximum Gasteiger partial charge on any atom is 0.0224 e. The topological polar surface area (TPSA) is 15.3 Å². The van der Waals surface area contributed by atoms with E-state index >= 15 is 0 Å². The maximum atomic E-state index is 3.85. The lowest BCUT2D eigenvalue weighted by molar-refractivity contribution is 0.0551. The maximum absolute atomic E-state index is 3.85. The molecule has 0 aromatic heterocycles. The van der Waals surface area contributed by atoms with E-state index in [1.165, 1.54) is 71.0 Å². The summed E-state index contributed by atoms with van der Waals surface area (Å²) in [4.78, 5) is 2.90. The Labute approximate surface area is 132 Å². The van der Waals surface area contributed by atoms with Crippen LogP contribution in [-0.2, 0) is 0 Å². The zero-order valence-electron chi connectivity index (χ0n) is 14.5. The normalized spacial score (nSPS) is 33.7. The summed E-state index contributed by atoms with van der Waals surface area (Å²) in [5.74, 6) is 1.85. The molecule has 122 valence electrons. The molecular weight excluding hydrogens is 256 g/mol. The fourth-order valence-electron chi connectivity index (χ4n) is 5.14. The largest absolute Gasteiger partial charge is 0.311 e. The monoisotopic (exact) mass is 292 g/mol. The molecule has 1 saturated heterocycles. The predicted octanol–water partition coefficient (Wildman–Crippen LogP) is 4.06. The number of piperazine rings is 1. The van der Waals surface area contributed by atoms with Crippen LogP contribution in [0.4, 0.5) is 0 Å². The summed E-state index contributed by atoms with van der Waals surface area (Å²) in [6, 6.07) is 1.58. The van der Waals surface area contributed by atoms with Crippen LogP contribution in [0.15, 0.2) is 0 Å². The van der Waals surface area contributed by atoms with Crippen molar-refractivity contribution in [3.05, 3.63) is 0 Å². The van der Waals surface area contributed by atoms with Crippen LogP contribution in [-0.4, -0.2) is 36.6 Å². The molecule has 0 spiro atoms. The Hall–Kier alpha value is -0.0800. The highest BCUT2D eigenvalue weighted by Gasteiger charge is 2.41. The Morgan fingerprint density at radius 2 is 1.90 bits per heavy atom. The molecule has 1 heterocycles. The smallest absolute Gasteiger partial charge is 0.0224 e. The lowest BCUT2D eigenvalue weighted by atomic mass is 9.77. The van der Waals surface area contributed by atoms with E-state index in [9.17, 15) is 0 Å². The van der Waals surface area contributed by atoms with E-state index < -0.39 is 0 Å². The second kappa shape index (κ2) is 6.58. The van der Waals surface area contributed by atoms with Crippen LogP contribution >= 0.6 is 0 Å². The van der Waals surface area contributed by atoms with Crippen LogP contribution in [0.1, 0.15) is 72.1 Å². The van der Waals surface area contributed by atoms with Crippen molar-refractivity contribution in [3.8, 4) is 0 Å². The van der Waals surface area contributed by atoms with E-state index in [1.807, 2.05) is 0 Å². The van der Waals surface area contributed by atoms with Crippen LogP contribution in [0.3, 0.4) is 0 Å². The summed E-state index contributed by atoms with van der Waals surface area (Å²) >= 11 is 0. The molecule has 2 saturated carbocycles. The van der Waals surface area contributed by atoms with Gasteiger partial charge in [-0.1, -0.05) is 33.6 Å². The molecule has 3 fully saturated rings. The van der Waals surface area contributed by atoms with Crippen LogP contribution in [0.5, 0.6) is 0 Å². The Balaban J connectivity index is 1.66. The van der Waals surface area contributed by atoms with Crippen molar-refractivity contribution in [2.75, 3.05) is 19.6 Å². The molecule has 2 atom stereocenters. The second-order valence-electron chi connectivity index (χ2n) is 8.65. The third-order valence-corrected chi connectivity index (χ3v) is 6.27. The van der Waals surface area contributed by atoms with Crippen molar-refractivity contribution < 1.29 is 0 Å². The fraction of sp³-hybridized carbons (Fsp3) is 1.00. The van der Waals surface area contributed by atoms with E-state index in [4.69, 9.17) is 0 Å². The van der Waals surface area contributed by atoms with Crippen molar-refractivity contribution in [1.29, 1.82) is 0 Å². The minimum atomic E-state index is 0.646. The molecule has 2 heteroatoms. The van der Waals surface area contributed by atoms with Crippen LogP contribution in [0, 0.1) is 17.3 Å². The van der Waals surface area contributed by atoms with Gasteiger partial charge in [0.1, 0.15) is 0 Å². The van der Waals surface area contributed by atoms with Gasteiger partial charge in [-0.3, -0.25) is 4.90 Å². The van der Waals surface area contributed by atoms with Gasteiger partial charge < -0.3 is 5.32 Å². The van der Waals surface area contributed by atoms with Crippen molar-refractivity contribution in [3.63, 3.8) is 0 Å². The van der Waals surface area contributed by atoms with E-state index in [0.717, 1.165) is 23.9 Å². The number of nitrogens with zero attached hydrogens (tertiary/aromatic N) is 1. The minimum absolute atomic E-state index is 0.646. The first-order chi connectivity index (χ1) is 10.1. The standard InChI is InChI=1S/C19H36N2/c1-4-17-12-20-18(16-7-8-16)13-21(17)14-19(11-15(2)3)9-5-6-10-19/h15-18,20H,4-14H2,1-3H3. The molecule has 0 aromatic carbocycles. The molecule has 1 N–H and O–H groups in total. The molecule has 3 aliphatic rings. The van der Waals surface area contributed by atoms with Gasteiger partial charge in [0, 0.05) is 31.7 Å². The number of hydrogen-bond donors (Lipinski definition) is 1. The van der Waals surface area contributed by atoms with Gasteiger partial charge in [-0.25, -0.2) is 0 Å². The van der Waals surface area contributed by atoms with Crippen molar-refractivity contribution in [1.82, 2.24) is 10.2 Å². The lowest BCUT2D eigenvalue weighted by Crippen LogP contribution is -2.59. The third-order valence-electron chi connectivity index (χ3n) is 6.27. The molecule has 1 aliphatic heterocycles. The summed E-state index contributed by atoms with van der Waals surface area (Å²) < 4.78 is 0. The highest BCUT2D eigenvalue weighted by atomic mass is 15.2. The van der Waals surface area contributed by atoms with E-state index in [1.54, 1.807) is 0 Å². The molecule has 0 bridgehead atoms. The Morgan fingerprint density at radius 3 is 2.48 bits per heavy atom. The molecular formula is C19H36N2. The van der Waals surface area contributed by atoms with E-state index in [2.05, 4.69) is 31.0 Å². The van der Waals surface area contributed by atoms with Gasteiger partial charge in [0.25, 0.3) is 0 Å². The molecule has 21 heavy (non-hydrogen) atoms. The average molecular weight is 293 g/mol. The lowest BCUT2D eigenvalue weighted by Gasteiger charge is -2.45. The first-order valence-electron chi connectivity index (χ1n) is 9.59. The zero-order valence-corrected chi connectivity index (χ0v) is 14.5. The Kier molecular flexibility index (Phi) is 4.95. The number of nitrogens with one attached hydrogen (secondary N) is 1. The van der Waals surface area contributed by atoms with Crippen molar-refractivity contribution >= 4 is 0 Å². The molecule has 2 nitrogen and oxygen atoms in total. The van der Waals surface area contributed by atoms with Gasteiger partial charge >= 0.3 is 0 Å². The van der Waals surface area contributed by atoms with Gasteiger partial charge in [-0.15, -0.1) is 0 Å². The molecule has 2 aliphatic carbocycles. The van der Waals surface area contributed by atoms with E-state index in [0.29, 0.717) is 5.41 Å². The number of hydrogen-bond acceptors (Lipinski definition) is 2. The van der Waals surface area contributed by atoms with Crippen molar-refractivity contribution in [2.45, 2.75) is 84.2 Å². The highest BCUT2D eigenvalue weighted by molar-refractivity contribution is 4.97. The molecule has 0 amide bonds. The molecule has 2 unspecified atom stereocenters. The van der Waals surface area contributed by atoms with Gasteiger partial charge in [0.15, 0.2) is 0 Å². The summed E-state index contributed by atoms with van der Waals surface area (Å²) in [5, 5.41) is 3.85. The number of rotatable bonds is 6. The molecule has 0 aromatic rings. The van der Waals surface area contributed by atoms with Gasteiger partial charge in [0.05, 0.1) is 0 Å². The summed E-state index contributed by atoms with van der Waals surface area (Å²) in [6.45, 7) is 11.2. The van der Waals surface area contributed by atoms with Gasteiger partial charge in [0.2, 0.25) is 0 Å². The summed E-state index contributed by atoms with van der Waals surface area (Å²) in [7, 11) is 0. The molecule has 3 rings (SSSR count). The molecule has 0 radical (unpaired) electrons. The van der Waals surface area contributed by atoms with Gasteiger partial charge in [-0.2, -0.15) is 0 Å². The van der Waals surface area contributed by atoms with Crippen LogP contribution in [0.2, 0.25) is 0 Å². The second-order valence-corrected chi connectivity index (χ2v) is 8.65. The van der Waals surface area contributed by atoms with Crippen LogP contribution in [0.25, 0.3) is 0 Å².